The van der Waals surface area contributed by atoms with E-state index in [0.717, 1.165) is 9.80 Å². The first kappa shape index (κ1) is 35.1. The van der Waals surface area contributed by atoms with Gasteiger partial charge in [0.1, 0.15) is 11.2 Å². The second-order valence-corrected chi connectivity index (χ2v) is 31.3. The average molecular weight is 817 g/mol. The lowest BCUT2D eigenvalue weighted by molar-refractivity contribution is -0.329. The minimum atomic E-state index is -5.28. The van der Waals surface area contributed by atoms with Crippen molar-refractivity contribution in [3.8, 4) is 0 Å². The molecule has 12 aliphatic rings. The predicted octanol–water partition coefficient (Wildman–Crippen LogP) is 4.39. The highest BCUT2D eigenvalue weighted by molar-refractivity contribution is 6.98. The Kier molecular flexibility index (Phi) is 5.84. The van der Waals surface area contributed by atoms with Gasteiger partial charge in [0.05, 0.1) is 52.9 Å². The van der Waals surface area contributed by atoms with Crippen molar-refractivity contribution in [2.75, 3.05) is 13.1 Å². The first-order chi connectivity index (χ1) is 25.9. The normalized spacial score (nSPS) is 49.6. The maximum atomic E-state index is 16.1. The number of hydrogen-bond acceptors (Lipinski definition) is 6. The maximum absolute atomic E-state index is 16.1. The van der Waals surface area contributed by atoms with Crippen LogP contribution in [0.5, 0.6) is 0 Å². The summed E-state index contributed by atoms with van der Waals surface area (Å²) in [4.78, 5) is 60.9. The molecule has 8 heterocycles. The van der Waals surface area contributed by atoms with E-state index in [9.17, 15) is 19.2 Å². The van der Waals surface area contributed by atoms with E-state index in [4.69, 9.17) is 9.47 Å². The molecule has 4 aliphatic carbocycles. The Morgan fingerprint density at radius 2 is 0.857 bits per heavy atom. The smallest absolute Gasteiger partial charge is 0.348 e. The van der Waals surface area contributed by atoms with E-state index < -0.39 is 146 Å². The molecule has 298 valence electrons. The van der Waals surface area contributed by atoms with Gasteiger partial charge in [-0.3, -0.25) is 29.0 Å². The molecule has 56 heavy (non-hydrogen) atoms. The Bertz CT molecular complexity index is 2000. The molecule has 4 amide bonds. The molecular formula is C40H42F6N2O6Si2. The van der Waals surface area contributed by atoms with Crippen molar-refractivity contribution in [3.05, 3.63) is 35.4 Å². The number of alkyl halides is 6. The molecule has 2 unspecified atom stereocenters. The van der Waals surface area contributed by atoms with E-state index in [1.165, 1.54) is 10.4 Å². The molecule has 0 radical (unpaired) electrons. The average Bonchev–Trinajstić information content (AvgIpc) is 3.95. The molecule has 1 aromatic carbocycles. The SMILES string of the molecule is C[Si](C)(C)c1cc2c(cc1[Si](C)(C)C)[C@]13C=C[C@]2(CN2C(=O)[C@@H]4[C@H]5C[C@@H]([C@@H]4C2=O)[C@H]2[C@@H]5C4(C(F)(F)F)OC2(C(F)(F)F)[C@@H]2[C@@H]5C[C@@H]([C@@H]6C(=O)N(C1)C(=O)[C@H]56)[C@@H]24)O3. The number of amides is 4. The van der Waals surface area contributed by atoms with Gasteiger partial charge in [-0.2, -0.15) is 26.3 Å². The number of benzene rings is 1. The molecule has 16 atom stereocenters. The summed E-state index contributed by atoms with van der Waals surface area (Å²) in [5.41, 5.74) is -7.92. The number of imide groups is 2. The molecule has 14 bridgehead atoms. The Morgan fingerprint density at radius 3 is 1.12 bits per heavy atom. The van der Waals surface area contributed by atoms with Crippen LogP contribution in [-0.4, -0.2) is 86.2 Å². The van der Waals surface area contributed by atoms with Crippen molar-refractivity contribution >= 4 is 50.1 Å². The molecule has 8 nitrogen and oxygen atoms in total. The zero-order valence-corrected chi connectivity index (χ0v) is 33.7. The van der Waals surface area contributed by atoms with Crippen LogP contribution in [0.2, 0.25) is 39.3 Å². The van der Waals surface area contributed by atoms with Crippen LogP contribution in [0, 0.1) is 71.0 Å². The van der Waals surface area contributed by atoms with Crippen LogP contribution < -0.4 is 10.4 Å². The van der Waals surface area contributed by atoms with E-state index in [1.807, 2.05) is 0 Å². The van der Waals surface area contributed by atoms with E-state index >= 15 is 26.3 Å². The molecule has 10 fully saturated rings. The van der Waals surface area contributed by atoms with Gasteiger partial charge in [0.2, 0.25) is 23.6 Å². The van der Waals surface area contributed by atoms with Gasteiger partial charge in [-0.1, -0.05) is 61.8 Å². The Hall–Kier alpha value is -2.83. The predicted molar refractivity (Wildman–Crippen MR) is 189 cm³/mol. The van der Waals surface area contributed by atoms with Crippen LogP contribution in [0.15, 0.2) is 24.3 Å². The summed E-state index contributed by atoms with van der Waals surface area (Å²) < 4.78 is 109. The largest absolute Gasteiger partial charge is 0.418 e. The highest BCUT2D eigenvalue weighted by Gasteiger charge is 2.97. The van der Waals surface area contributed by atoms with Crippen molar-refractivity contribution in [2.24, 2.45) is 71.0 Å². The van der Waals surface area contributed by atoms with Crippen LogP contribution in [0.3, 0.4) is 0 Å². The minimum Gasteiger partial charge on any atom is -0.348 e. The number of carbonyl (C=O) groups excluding carboxylic acids is 4. The van der Waals surface area contributed by atoms with Gasteiger partial charge in [0.25, 0.3) is 0 Å². The number of halogens is 6. The summed E-state index contributed by atoms with van der Waals surface area (Å²) in [7, 11) is -4.11. The molecular weight excluding hydrogens is 775 g/mol. The molecule has 6 saturated heterocycles. The van der Waals surface area contributed by atoms with E-state index in [0.29, 0.717) is 11.1 Å². The van der Waals surface area contributed by atoms with E-state index in [-0.39, 0.29) is 25.9 Å². The number of fused-ring (bicyclic) bond motifs is 1. The fourth-order valence-electron chi connectivity index (χ4n) is 15.9. The highest BCUT2D eigenvalue weighted by Crippen LogP contribution is 2.86. The summed E-state index contributed by atoms with van der Waals surface area (Å²) in [6.07, 6.45) is -7.22. The minimum absolute atomic E-state index is 0.116. The summed E-state index contributed by atoms with van der Waals surface area (Å²) >= 11 is 0. The second kappa shape index (κ2) is 9.31. The standard InChI is InChI=1S/C40H42F6N2O6Si2/c1-55(2,3)21-11-19-20(12-22(21)56(4,5)6)36-8-7-35(19,53-36)13-47-31(49)23-15-9-16(24(23)32(47)50)28-27(15)37(39(41,42)43)29-17-10-18(30(29)38(28,54-37)40(44,45)46)26-25(17)33(51)48(14-36)34(26)52/h7-8,11-12,15-18,23-30H,9-10,13-14H2,1-6H3/t15-,16+,17+,18-,23-,24+,25+,26-,27-,28+,29+,30-,35-,36+,37?,38?. The molecule has 0 N–H and O–H groups in total. The summed E-state index contributed by atoms with van der Waals surface area (Å²) in [6, 6.07) is 4.24. The van der Waals surface area contributed by atoms with Crippen LogP contribution >= 0.6 is 0 Å². The topological polar surface area (TPSA) is 93.2 Å². The molecule has 4 saturated carbocycles. The number of ether oxygens (including phenoxy) is 2. The van der Waals surface area contributed by atoms with Crippen LogP contribution in [0.4, 0.5) is 26.3 Å². The van der Waals surface area contributed by atoms with Crippen LogP contribution in [-0.2, 0) is 39.9 Å². The summed E-state index contributed by atoms with van der Waals surface area (Å²) in [5.74, 6) is -19.1. The fourth-order valence-corrected chi connectivity index (χ4v) is 21.1. The first-order valence-corrected chi connectivity index (χ1v) is 27.0. The number of rotatable bonds is 2. The third-order valence-corrected chi connectivity index (χ3v) is 21.5. The van der Waals surface area contributed by atoms with Crippen LogP contribution in [0.25, 0.3) is 0 Å². The Balaban J connectivity index is 1.11. The maximum Gasteiger partial charge on any atom is 0.418 e. The molecule has 0 spiro atoms. The molecule has 13 rings (SSSR count). The lowest BCUT2D eigenvalue weighted by Crippen LogP contribution is -2.66. The zero-order valence-electron chi connectivity index (χ0n) is 31.7. The fraction of sp³-hybridized carbons (Fsp3) is 0.700. The first-order valence-electron chi connectivity index (χ1n) is 20.0. The molecule has 8 aliphatic heterocycles. The van der Waals surface area contributed by atoms with Crippen molar-refractivity contribution in [1.29, 1.82) is 0 Å². The van der Waals surface area contributed by atoms with Crippen molar-refractivity contribution in [3.63, 3.8) is 0 Å². The van der Waals surface area contributed by atoms with E-state index in [1.54, 1.807) is 12.2 Å². The van der Waals surface area contributed by atoms with Gasteiger partial charge in [-0.05, 0) is 59.8 Å². The number of hydrogen-bond donors (Lipinski definition) is 0. The van der Waals surface area contributed by atoms with Crippen molar-refractivity contribution in [1.82, 2.24) is 9.80 Å². The van der Waals surface area contributed by atoms with Gasteiger partial charge >= 0.3 is 12.4 Å². The molecule has 0 aromatic heterocycles. The highest BCUT2D eigenvalue weighted by atomic mass is 28.3. The van der Waals surface area contributed by atoms with Crippen molar-refractivity contribution < 1.29 is 55.0 Å². The monoisotopic (exact) mass is 816 g/mol. The van der Waals surface area contributed by atoms with Gasteiger partial charge < -0.3 is 9.47 Å². The van der Waals surface area contributed by atoms with Gasteiger partial charge in [0.15, 0.2) is 11.2 Å². The van der Waals surface area contributed by atoms with Gasteiger partial charge in [0, 0.05) is 23.7 Å². The lowest BCUT2D eigenvalue weighted by Gasteiger charge is -2.53. The van der Waals surface area contributed by atoms with Crippen LogP contribution in [0.1, 0.15) is 24.0 Å². The molecule has 1 aromatic rings. The molecule has 16 heteroatoms. The van der Waals surface area contributed by atoms with Gasteiger partial charge in [-0.15, -0.1) is 0 Å². The summed E-state index contributed by atoms with van der Waals surface area (Å²) in [5, 5.41) is 2.38. The second-order valence-electron chi connectivity index (χ2n) is 21.2. The van der Waals surface area contributed by atoms with E-state index in [2.05, 4.69) is 51.4 Å². The van der Waals surface area contributed by atoms with Crippen molar-refractivity contribution in [2.45, 2.75) is 86.9 Å². The quantitative estimate of drug-likeness (QED) is 0.191. The number of carbonyl (C=O) groups is 4. The third-order valence-electron chi connectivity index (χ3n) is 17.2. The summed E-state index contributed by atoms with van der Waals surface area (Å²) in [6.45, 7) is 12.8. The third kappa shape index (κ3) is 3.35. The number of nitrogens with zero attached hydrogens (tertiary/aromatic N) is 2. The Labute approximate surface area is 320 Å². The zero-order chi connectivity index (χ0) is 39.8. The van der Waals surface area contributed by atoms with Gasteiger partial charge in [-0.25, -0.2) is 0 Å². The lowest BCUT2D eigenvalue weighted by atomic mass is 9.46. The Morgan fingerprint density at radius 1 is 0.554 bits per heavy atom.